The minimum Gasteiger partial charge on any atom is -0.387 e. The first-order valence-corrected chi connectivity index (χ1v) is 18.7. The molecule has 4 saturated heterocycles. The summed E-state index contributed by atoms with van der Waals surface area (Å²) in [6.07, 6.45) is -2.43. The molecule has 50 heavy (non-hydrogen) atoms. The Bertz CT molecular complexity index is 1200. The summed E-state index contributed by atoms with van der Waals surface area (Å²) in [5.74, 6) is -0.696. The van der Waals surface area contributed by atoms with Crippen molar-refractivity contribution in [2.45, 2.75) is 161 Å². The number of hydrogen-bond acceptors (Lipinski definition) is 10. The van der Waals surface area contributed by atoms with Crippen LogP contribution in [0.4, 0.5) is 0 Å². The molecular formula is C37H66N4O9. The van der Waals surface area contributed by atoms with E-state index in [4.69, 9.17) is 28.7 Å². The molecule has 0 saturated carbocycles. The second kappa shape index (κ2) is 16.4. The second-order valence-electron chi connectivity index (χ2n) is 16.5. The summed E-state index contributed by atoms with van der Waals surface area (Å²) in [5, 5.41) is 26.3. The van der Waals surface area contributed by atoms with E-state index in [0.29, 0.717) is 19.4 Å². The van der Waals surface area contributed by atoms with E-state index in [0.717, 1.165) is 12.3 Å². The number of nitrogens with zero attached hydrogens (tertiary/aromatic N) is 3. The number of carbonyl (C=O) groups excluding carboxylic acids is 2. The van der Waals surface area contributed by atoms with E-state index in [1.807, 2.05) is 27.7 Å². The summed E-state index contributed by atoms with van der Waals surface area (Å²) >= 11 is 0. The Hall–Kier alpha value is -1.87. The van der Waals surface area contributed by atoms with Crippen molar-refractivity contribution < 1.29 is 43.5 Å². The van der Waals surface area contributed by atoms with E-state index < -0.39 is 60.0 Å². The lowest BCUT2D eigenvalue weighted by atomic mass is 9.77. The van der Waals surface area contributed by atoms with Gasteiger partial charge in [-0.05, 0) is 60.3 Å². The number of methoxy groups -OCH3 is 1. The van der Waals surface area contributed by atoms with Crippen LogP contribution in [-0.2, 0) is 33.3 Å². The van der Waals surface area contributed by atoms with Crippen molar-refractivity contribution in [3.63, 3.8) is 0 Å². The average Bonchev–Trinajstić information content (AvgIpc) is 3.33. The van der Waals surface area contributed by atoms with Crippen LogP contribution in [0.1, 0.15) is 94.4 Å². The molecule has 13 nitrogen and oxygen atoms in total. The third-order valence-electron chi connectivity index (χ3n) is 11.5. The van der Waals surface area contributed by atoms with Gasteiger partial charge < -0.3 is 49.0 Å². The van der Waals surface area contributed by atoms with Crippen LogP contribution in [0.15, 0.2) is 4.99 Å². The van der Waals surface area contributed by atoms with Gasteiger partial charge in [-0.25, -0.2) is 0 Å². The molecule has 4 aliphatic heterocycles. The first kappa shape index (κ1) is 40.9. The van der Waals surface area contributed by atoms with Crippen LogP contribution in [0, 0.1) is 23.7 Å². The van der Waals surface area contributed by atoms with Gasteiger partial charge in [-0.1, -0.05) is 20.8 Å². The quantitative estimate of drug-likeness (QED) is 0.376. The van der Waals surface area contributed by atoms with Gasteiger partial charge in [-0.3, -0.25) is 14.6 Å². The van der Waals surface area contributed by atoms with Crippen LogP contribution in [0.2, 0.25) is 0 Å². The molecule has 0 aromatic heterocycles. The molecule has 13 heteroatoms. The van der Waals surface area contributed by atoms with Gasteiger partial charge >= 0.3 is 0 Å². The number of likely N-dealkylation sites (tertiary alicyclic amines) is 1. The number of hydrogen-bond donors (Lipinski definition) is 3. The highest BCUT2D eigenvalue weighted by Gasteiger charge is 2.52. The number of nitrogens with one attached hydrogen (secondary N) is 1. The molecule has 4 heterocycles. The van der Waals surface area contributed by atoms with Gasteiger partial charge in [0.1, 0.15) is 6.10 Å². The Balaban J connectivity index is 1.75. The zero-order chi connectivity index (χ0) is 37.3. The normalized spacial score (nSPS) is 45.1. The minimum atomic E-state index is -1.42. The Morgan fingerprint density at radius 3 is 2.36 bits per heavy atom. The summed E-state index contributed by atoms with van der Waals surface area (Å²) in [4.78, 5) is 35.6. The lowest BCUT2D eigenvalue weighted by Gasteiger charge is -2.48. The van der Waals surface area contributed by atoms with Crippen LogP contribution in [0.5, 0.6) is 0 Å². The average molecular weight is 711 g/mol. The van der Waals surface area contributed by atoms with Crippen LogP contribution in [-0.4, -0.2) is 138 Å². The third kappa shape index (κ3) is 9.19. The number of amides is 2. The van der Waals surface area contributed by atoms with Crippen molar-refractivity contribution in [3.05, 3.63) is 0 Å². The number of aliphatic imine (C=N–C) groups is 1. The number of ether oxygens (including phenoxy) is 5. The van der Waals surface area contributed by atoms with E-state index in [-0.39, 0.29) is 61.2 Å². The molecule has 0 spiro atoms. The fraction of sp³-hybridized carbons (Fsp3) is 0.919. The molecule has 3 N–H and O–H groups in total. The number of aliphatic hydroxyl groups excluding tert-OH is 1. The van der Waals surface area contributed by atoms with Crippen molar-refractivity contribution in [1.82, 2.24) is 15.1 Å². The molecule has 0 radical (unpaired) electrons. The Kier molecular flexibility index (Phi) is 13.4. The molecule has 288 valence electrons. The zero-order valence-electron chi connectivity index (χ0n) is 32.5. The molecule has 4 fully saturated rings. The number of rotatable bonds is 6. The van der Waals surface area contributed by atoms with Gasteiger partial charge in [0.2, 0.25) is 11.8 Å². The van der Waals surface area contributed by atoms with Gasteiger partial charge in [0.05, 0.1) is 47.4 Å². The number of aliphatic hydroxyl groups is 2. The smallest absolute Gasteiger partial charge is 0.225 e. The topological polar surface area (TPSA) is 152 Å². The summed E-state index contributed by atoms with van der Waals surface area (Å²) in [6, 6.07) is 0.305. The van der Waals surface area contributed by atoms with Crippen molar-refractivity contribution in [2.24, 2.45) is 28.7 Å². The molecule has 0 aromatic rings. The van der Waals surface area contributed by atoms with Crippen molar-refractivity contribution in [2.75, 3.05) is 34.3 Å². The first-order chi connectivity index (χ1) is 23.3. The summed E-state index contributed by atoms with van der Waals surface area (Å²) < 4.78 is 32.3. The predicted octanol–water partition coefficient (Wildman–Crippen LogP) is 2.95. The van der Waals surface area contributed by atoms with Gasteiger partial charge in [-0.15, -0.1) is 0 Å². The second-order valence-corrected chi connectivity index (χ2v) is 16.5. The van der Waals surface area contributed by atoms with Crippen LogP contribution >= 0.6 is 0 Å². The summed E-state index contributed by atoms with van der Waals surface area (Å²) in [6.45, 7) is 17.9. The van der Waals surface area contributed by atoms with Gasteiger partial charge in [0.25, 0.3) is 0 Å². The molecule has 0 aliphatic carbocycles. The largest absolute Gasteiger partial charge is 0.387 e. The maximum Gasteiger partial charge on any atom is 0.225 e. The van der Waals surface area contributed by atoms with Crippen LogP contribution < -0.4 is 5.32 Å². The number of fused-ring (bicyclic) bond motifs is 1. The van der Waals surface area contributed by atoms with Crippen LogP contribution in [0.3, 0.4) is 0 Å². The summed E-state index contributed by atoms with van der Waals surface area (Å²) in [7, 11) is 5.39. The standard InChI is InChI=1S/C37H66N4O9/c1-20(2)39-28-16-26-27(41(28)11)15-22(4)47-35(26)50-33-23(5)31(49-30-18-37(9,46-12)32(43)25(7)48-30)24(6)34(44)38-14-13-29(42)40(10)19-21(3)17-36(33,8)45/h20-27,30-33,35,43,45H,13-19H2,1-12H3,(H,38,44)/t21-,22-,23+,24-,25+,26-,27+,30+,31+,32+,33-,35+,36-,37-/m1/s1. The minimum absolute atomic E-state index is 0.0162. The molecule has 4 rings (SSSR count). The highest BCUT2D eigenvalue weighted by molar-refractivity contribution is 5.85. The molecule has 0 aromatic carbocycles. The van der Waals surface area contributed by atoms with E-state index in [1.165, 1.54) is 0 Å². The van der Waals surface area contributed by atoms with E-state index >= 15 is 0 Å². The molecule has 0 bridgehead atoms. The fourth-order valence-electron chi connectivity index (χ4n) is 8.75. The molecule has 14 atom stereocenters. The lowest BCUT2D eigenvalue weighted by molar-refractivity contribution is -0.311. The zero-order valence-corrected chi connectivity index (χ0v) is 32.5. The Morgan fingerprint density at radius 1 is 1.04 bits per heavy atom. The van der Waals surface area contributed by atoms with E-state index in [1.54, 1.807) is 39.8 Å². The highest BCUT2D eigenvalue weighted by atomic mass is 16.7. The number of carbonyl (C=O) groups is 2. The monoisotopic (exact) mass is 710 g/mol. The Morgan fingerprint density at radius 2 is 1.72 bits per heavy atom. The van der Waals surface area contributed by atoms with Crippen molar-refractivity contribution in [3.8, 4) is 0 Å². The van der Waals surface area contributed by atoms with Gasteiger partial charge in [0.15, 0.2) is 12.6 Å². The SMILES string of the molecule is CO[C@]1(C)C[C@H](O[C@H]2[C@H](C)[C@@H](O[C@@H]3O[C@H](C)C[C@H]4[C@H]3CC(=NC(C)C)N4C)[C@](C)(O)C[C@@H](C)CN(C)C(=O)CCNC(=O)[C@@H]2C)O[C@@H](C)[C@@H]1O. The van der Waals surface area contributed by atoms with E-state index in [9.17, 15) is 19.8 Å². The fourth-order valence-corrected chi connectivity index (χ4v) is 8.75. The molecule has 4 aliphatic rings. The highest BCUT2D eigenvalue weighted by Crippen LogP contribution is 2.42. The maximum absolute atomic E-state index is 13.8. The predicted molar refractivity (Wildman–Crippen MR) is 189 cm³/mol. The van der Waals surface area contributed by atoms with E-state index in [2.05, 4.69) is 31.1 Å². The first-order valence-electron chi connectivity index (χ1n) is 18.7. The Labute approximate surface area is 299 Å². The van der Waals surface area contributed by atoms with Gasteiger partial charge in [-0.2, -0.15) is 0 Å². The number of amidine groups is 1. The van der Waals surface area contributed by atoms with Crippen molar-refractivity contribution >= 4 is 17.6 Å². The molecular weight excluding hydrogens is 644 g/mol. The molecule has 0 unspecified atom stereocenters. The maximum atomic E-state index is 13.8. The van der Waals surface area contributed by atoms with Gasteiger partial charge in [0, 0.05) is 77.5 Å². The lowest BCUT2D eigenvalue weighted by Crippen LogP contribution is -2.59. The summed E-state index contributed by atoms with van der Waals surface area (Å²) in [5.41, 5.74) is -2.35. The third-order valence-corrected chi connectivity index (χ3v) is 11.5. The molecule has 2 amide bonds. The van der Waals surface area contributed by atoms with Crippen LogP contribution in [0.25, 0.3) is 0 Å². The van der Waals surface area contributed by atoms with Crippen molar-refractivity contribution in [1.29, 1.82) is 0 Å².